The fraction of sp³-hybridized carbons (Fsp3) is 0.688. The molecule has 1 aliphatic heterocycles. The smallest absolute Gasteiger partial charge is 0.0445 e. The third-order valence-corrected chi connectivity index (χ3v) is 4.59. The van der Waals surface area contributed by atoms with Crippen LogP contribution in [0, 0.1) is 18.8 Å². The fourth-order valence-corrected chi connectivity index (χ4v) is 2.87. The van der Waals surface area contributed by atoms with Gasteiger partial charge in [-0.15, -0.1) is 0 Å². The van der Waals surface area contributed by atoms with Gasteiger partial charge in [-0.05, 0) is 37.7 Å². The zero-order chi connectivity index (χ0) is 13.4. The van der Waals surface area contributed by atoms with E-state index >= 15 is 0 Å². The summed E-state index contributed by atoms with van der Waals surface area (Å²) in [5, 5.41) is 3.61. The number of aromatic nitrogens is 1. The predicted molar refractivity (Wildman–Crippen MR) is 79.4 cm³/mol. The summed E-state index contributed by atoms with van der Waals surface area (Å²) < 4.78 is 0. The molecule has 3 heteroatoms. The van der Waals surface area contributed by atoms with Crippen LogP contribution < -0.4 is 10.2 Å². The number of rotatable bonds is 4. The number of hydrogen-bond donors (Lipinski definition) is 1. The minimum absolute atomic E-state index is 0.755. The van der Waals surface area contributed by atoms with Crippen LogP contribution in [0.5, 0.6) is 0 Å². The molecule has 0 spiro atoms. The van der Waals surface area contributed by atoms with E-state index in [4.69, 9.17) is 0 Å². The van der Waals surface area contributed by atoms with Crippen LogP contribution >= 0.6 is 0 Å². The van der Waals surface area contributed by atoms with Crippen LogP contribution in [0.3, 0.4) is 0 Å². The summed E-state index contributed by atoms with van der Waals surface area (Å²) in [6.45, 7) is 10.1. The van der Waals surface area contributed by atoms with Crippen molar-refractivity contribution in [3.8, 4) is 0 Å². The molecule has 3 rings (SSSR count). The molecule has 1 saturated heterocycles. The second kappa shape index (κ2) is 5.12. The molecular weight excluding hydrogens is 234 g/mol. The Balaban J connectivity index is 1.79. The average molecular weight is 259 g/mol. The van der Waals surface area contributed by atoms with Crippen molar-refractivity contribution in [2.24, 2.45) is 11.8 Å². The minimum Gasteiger partial charge on any atom is -0.371 e. The SMILES string of the molecule is Cc1cc(N2CC(C)C(C)C2)c(CNC2CC2)cn1. The van der Waals surface area contributed by atoms with Crippen molar-refractivity contribution in [2.75, 3.05) is 18.0 Å². The van der Waals surface area contributed by atoms with Crippen LogP contribution in [-0.2, 0) is 6.54 Å². The molecule has 0 amide bonds. The van der Waals surface area contributed by atoms with Gasteiger partial charge < -0.3 is 10.2 Å². The van der Waals surface area contributed by atoms with Gasteiger partial charge in [0, 0.05) is 48.8 Å². The number of hydrogen-bond acceptors (Lipinski definition) is 3. The molecule has 104 valence electrons. The first kappa shape index (κ1) is 12.9. The summed E-state index contributed by atoms with van der Waals surface area (Å²) >= 11 is 0. The van der Waals surface area contributed by atoms with Crippen molar-refractivity contribution in [1.29, 1.82) is 0 Å². The third kappa shape index (κ3) is 2.92. The minimum atomic E-state index is 0.755. The first-order chi connectivity index (χ1) is 9.13. The topological polar surface area (TPSA) is 28.2 Å². The van der Waals surface area contributed by atoms with Crippen LogP contribution in [0.15, 0.2) is 12.3 Å². The monoisotopic (exact) mass is 259 g/mol. The normalized spacial score (nSPS) is 27.0. The molecule has 2 unspecified atom stereocenters. The standard InChI is InChI=1S/C16H25N3/c1-11-9-19(10-12(11)2)16-6-13(3)17-7-14(16)8-18-15-4-5-15/h6-7,11-12,15,18H,4-5,8-10H2,1-3H3. The third-order valence-electron chi connectivity index (χ3n) is 4.59. The van der Waals surface area contributed by atoms with Crippen molar-refractivity contribution in [3.05, 3.63) is 23.5 Å². The Morgan fingerprint density at radius 2 is 1.95 bits per heavy atom. The van der Waals surface area contributed by atoms with Crippen molar-refractivity contribution in [3.63, 3.8) is 0 Å². The van der Waals surface area contributed by atoms with Crippen molar-refractivity contribution in [2.45, 2.75) is 46.2 Å². The van der Waals surface area contributed by atoms with Gasteiger partial charge in [0.05, 0.1) is 0 Å². The number of aryl methyl sites for hydroxylation is 1. The quantitative estimate of drug-likeness (QED) is 0.901. The highest BCUT2D eigenvalue weighted by molar-refractivity contribution is 5.54. The molecule has 0 bridgehead atoms. The lowest BCUT2D eigenvalue weighted by Gasteiger charge is -2.22. The van der Waals surface area contributed by atoms with E-state index in [1.807, 2.05) is 0 Å². The molecule has 1 aromatic heterocycles. The number of pyridine rings is 1. The Kier molecular flexibility index (Phi) is 3.48. The predicted octanol–water partition coefficient (Wildman–Crippen LogP) is 2.73. The maximum absolute atomic E-state index is 4.48. The number of anilines is 1. The van der Waals surface area contributed by atoms with E-state index in [0.29, 0.717) is 0 Å². The van der Waals surface area contributed by atoms with Crippen molar-refractivity contribution >= 4 is 5.69 Å². The Hall–Kier alpha value is -1.09. The Morgan fingerprint density at radius 1 is 1.26 bits per heavy atom. The molecule has 0 radical (unpaired) electrons. The molecular formula is C16H25N3. The lowest BCUT2D eigenvalue weighted by atomic mass is 10.0. The first-order valence-electron chi connectivity index (χ1n) is 7.57. The van der Waals surface area contributed by atoms with E-state index in [-0.39, 0.29) is 0 Å². The second-order valence-electron chi connectivity index (χ2n) is 6.47. The fourth-order valence-electron chi connectivity index (χ4n) is 2.87. The molecule has 2 aliphatic rings. The molecule has 2 heterocycles. The number of nitrogens with zero attached hydrogens (tertiary/aromatic N) is 2. The van der Waals surface area contributed by atoms with Gasteiger partial charge in [-0.2, -0.15) is 0 Å². The summed E-state index contributed by atoms with van der Waals surface area (Å²) in [4.78, 5) is 7.03. The molecule has 1 aliphatic carbocycles. The summed E-state index contributed by atoms with van der Waals surface area (Å²) in [6.07, 6.45) is 4.74. The van der Waals surface area contributed by atoms with Gasteiger partial charge in [-0.25, -0.2) is 0 Å². The maximum atomic E-state index is 4.48. The van der Waals surface area contributed by atoms with E-state index in [1.54, 1.807) is 0 Å². The summed E-state index contributed by atoms with van der Waals surface area (Å²) in [5.74, 6) is 1.58. The van der Waals surface area contributed by atoms with Gasteiger partial charge in [0.1, 0.15) is 0 Å². The highest BCUT2D eigenvalue weighted by atomic mass is 15.2. The van der Waals surface area contributed by atoms with Gasteiger partial charge >= 0.3 is 0 Å². The van der Waals surface area contributed by atoms with Gasteiger partial charge in [0.25, 0.3) is 0 Å². The van der Waals surface area contributed by atoms with Crippen LogP contribution in [0.4, 0.5) is 5.69 Å². The Morgan fingerprint density at radius 3 is 2.58 bits per heavy atom. The average Bonchev–Trinajstić information content (AvgIpc) is 3.14. The highest BCUT2D eigenvalue weighted by Crippen LogP contribution is 2.31. The lowest BCUT2D eigenvalue weighted by Crippen LogP contribution is -2.24. The van der Waals surface area contributed by atoms with Crippen molar-refractivity contribution < 1.29 is 0 Å². The van der Waals surface area contributed by atoms with Crippen molar-refractivity contribution in [1.82, 2.24) is 10.3 Å². The Bertz CT molecular complexity index is 443. The van der Waals surface area contributed by atoms with Crippen LogP contribution in [0.1, 0.15) is 37.9 Å². The van der Waals surface area contributed by atoms with E-state index in [9.17, 15) is 0 Å². The van der Waals surface area contributed by atoms with Crippen LogP contribution in [0.2, 0.25) is 0 Å². The molecule has 1 aromatic rings. The summed E-state index contributed by atoms with van der Waals surface area (Å²) in [7, 11) is 0. The lowest BCUT2D eigenvalue weighted by molar-refractivity contribution is 0.494. The molecule has 19 heavy (non-hydrogen) atoms. The largest absolute Gasteiger partial charge is 0.371 e. The molecule has 0 aromatic carbocycles. The first-order valence-corrected chi connectivity index (χ1v) is 7.57. The van der Waals surface area contributed by atoms with Gasteiger partial charge in [-0.1, -0.05) is 13.8 Å². The van der Waals surface area contributed by atoms with Crippen LogP contribution in [-0.4, -0.2) is 24.1 Å². The van der Waals surface area contributed by atoms with Crippen LogP contribution in [0.25, 0.3) is 0 Å². The molecule has 1 saturated carbocycles. The van der Waals surface area contributed by atoms with E-state index in [2.05, 4.69) is 48.2 Å². The Labute approximate surface area is 116 Å². The van der Waals surface area contributed by atoms with E-state index in [0.717, 1.165) is 30.1 Å². The van der Waals surface area contributed by atoms with E-state index in [1.165, 1.54) is 37.2 Å². The second-order valence-corrected chi connectivity index (χ2v) is 6.47. The zero-order valence-corrected chi connectivity index (χ0v) is 12.3. The maximum Gasteiger partial charge on any atom is 0.0445 e. The van der Waals surface area contributed by atoms with Gasteiger partial charge in [0.2, 0.25) is 0 Å². The summed E-state index contributed by atoms with van der Waals surface area (Å²) in [5.41, 5.74) is 3.88. The van der Waals surface area contributed by atoms with E-state index < -0.39 is 0 Å². The molecule has 1 N–H and O–H groups in total. The molecule has 2 fully saturated rings. The summed E-state index contributed by atoms with van der Waals surface area (Å²) in [6, 6.07) is 3.01. The van der Waals surface area contributed by atoms with Gasteiger partial charge in [-0.3, -0.25) is 4.98 Å². The molecule has 2 atom stereocenters. The zero-order valence-electron chi connectivity index (χ0n) is 12.3. The number of nitrogens with one attached hydrogen (secondary N) is 1. The molecule has 3 nitrogen and oxygen atoms in total. The van der Waals surface area contributed by atoms with Gasteiger partial charge in [0.15, 0.2) is 0 Å². The highest BCUT2D eigenvalue weighted by Gasteiger charge is 2.28.